The van der Waals surface area contributed by atoms with Gasteiger partial charge in [0.05, 0.1) is 0 Å². The summed E-state index contributed by atoms with van der Waals surface area (Å²) in [6, 6.07) is 17.7. The molecule has 1 saturated carbocycles. The van der Waals surface area contributed by atoms with E-state index in [1.807, 2.05) is 0 Å². The summed E-state index contributed by atoms with van der Waals surface area (Å²) in [5, 5.41) is 0. The minimum Gasteiger partial charge on any atom is -0.489 e. The van der Waals surface area contributed by atoms with Crippen LogP contribution in [0.1, 0.15) is 108 Å². The van der Waals surface area contributed by atoms with Gasteiger partial charge in [0.25, 0.3) is 0 Å². The number of rotatable bonds is 10. The number of benzene rings is 2. The summed E-state index contributed by atoms with van der Waals surface area (Å²) >= 11 is 0. The van der Waals surface area contributed by atoms with Crippen LogP contribution < -0.4 is 4.74 Å². The normalized spacial score (nSPS) is 19.6. The maximum atomic E-state index is 6.50. The van der Waals surface area contributed by atoms with E-state index >= 15 is 0 Å². The molecular weight excluding hydrogens is 364 g/mol. The van der Waals surface area contributed by atoms with Crippen molar-refractivity contribution in [3.63, 3.8) is 0 Å². The molecule has 164 valence electrons. The second-order valence-electron chi connectivity index (χ2n) is 10.1. The van der Waals surface area contributed by atoms with Gasteiger partial charge in [-0.3, -0.25) is 0 Å². The highest BCUT2D eigenvalue weighted by molar-refractivity contribution is 5.43. The third-order valence-electron chi connectivity index (χ3n) is 7.20. The first-order chi connectivity index (χ1) is 14.5. The molecule has 0 spiro atoms. The molecule has 0 aliphatic heterocycles. The minimum atomic E-state index is 0.190. The van der Waals surface area contributed by atoms with Gasteiger partial charge in [0.15, 0.2) is 0 Å². The van der Waals surface area contributed by atoms with Crippen molar-refractivity contribution in [3.8, 4) is 5.75 Å². The molecule has 2 atom stereocenters. The van der Waals surface area contributed by atoms with Crippen molar-refractivity contribution in [2.45, 2.75) is 103 Å². The van der Waals surface area contributed by atoms with Crippen molar-refractivity contribution in [2.75, 3.05) is 0 Å². The summed E-state index contributed by atoms with van der Waals surface area (Å²) in [5.41, 5.74) is 4.29. The van der Waals surface area contributed by atoms with Gasteiger partial charge >= 0.3 is 0 Å². The fourth-order valence-corrected chi connectivity index (χ4v) is 5.04. The molecule has 0 aromatic heterocycles. The SMILES string of the molecule is CCCCCCC(C)(C)c1ccc([C@@H]2CCCC[C@H]2C)c(OCc2ccccc2)c1. The molecule has 1 fully saturated rings. The molecule has 30 heavy (non-hydrogen) atoms. The highest BCUT2D eigenvalue weighted by Crippen LogP contribution is 2.43. The summed E-state index contributed by atoms with van der Waals surface area (Å²) < 4.78 is 6.50. The van der Waals surface area contributed by atoms with Crippen molar-refractivity contribution in [1.29, 1.82) is 0 Å². The lowest BCUT2D eigenvalue weighted by Gasteiger charge is -2.32. The van der Waals surface area contributed by atoms with Crippen LogP contribution in [-0.2, 0) is 12.0 Å². The van der Waals surface area contributed by atoms with Crippen LogP contribution in [0.5, 0.6) is 5.75 Å². The van der Waals surface area contributed by atoms with Crippen molar-refractivity contribution in [3.05, 3.63) is 65.2 Å². The maximum absolute atomic E-state index is 6.50. The van der Waals surface area contributed by atoms with Crippen LogP contribution in [0.2, 0.25) is 0 Å². The van der Waals surface area contributed by atoms with Gasteiger partial charge in [0.2, 0.25) is 0 Å². The predicted molar refractivity (Wildman–Crippen MR) is 129 cm³/mol. The van der Waals surface area contributed by atoms with Gasteiger partial charge in [0, 0.05) is 0 Å². The van der Waals surface area contributed by atoms with Gasteiger partial charge in [-0.2, -0.15) is 0 Å². The van der Waals surface area contributed by atoms with Crippen LogP contribution in [0.3, 0.4) is 0 Å². The van der Waals surface area contributed by atoms with E-state index in [1.54, 1.807) is 0 Å². The Balaban J connectivity index is 1.83. The van der Waals surface area contributed by atoms with E-state index in [4.69, 9.17) is 4.74 Å². The average Bonchev–Trinajstić information content (AvgIpc) is 2.76. The molecular formula is C29H42O. The summed E-state index contributed by atoms with van der Waals surface area (Å²) in [6.07, 6.45) is 11.9. The zero-order chi connectivity index (χ0) is 21.4. The largest absolute Gasteiger partial charge is 0.489 e. The molecule has 1 heteroatoms. The Labute approximate surface area is 185 Å². The third-order valence-corrected chi connectivity index (χ3v) is 7.20. The lowest BCUT2D eigenvalue weighted by atomic mass is 9.74. The summed E-state index contributed by atoms with van der Waals surface area (Å²) in [5.74, 6) is 2.49. The van der Waals surface area contributed by atoms with Crippen LogP contribution >= 0.6 is 0 Å². The number of unbranched alkanes of at least 4 members (excludes halogenated alkanes) is 3. The van der Waals surface area contributed by atoms with Crippen LogP contribution in [0.15, 0.2) is 48.5 Å². The maximum Gasteiger partial charge on any atom is 0.123 e. The standard InChI is InChI=1S/C29H42O/c1-5-6-7-13-20-29(3,4)25-18-19-27(26-17-12-11-14-23(26)2)28(21-25)30-22-24-15-9-8-10-16-24/h8-10,15-16,18-19,21,23,26H,5-7,11-14,17,20,22H2,1-4H3/t23-,26-/m1/s1. The van der Waals surface area contributed by atoms with E-state index in [9.17, 15) is 0 Å². The number of hydrogen-bond donors (Lipinski definition) is 0. The van der Waals surface area contributed by atoms with E-state index < -0.39 is 0 Å². The first-order valence-corrected chi connectivity index (χ1v) is 12.3. The van der Waals surface area contributed by atoms with Crippen molar-refractivity contribution >= 4 is 0 Å². The van der Waals surface area contributed by atoms with E-state index in [1.165, 1.54) is 74.5 Å². The van der Waals surface area contributed by atoms with Crippen LogP contribution in [-0.4, -0.2) is 0 Å². The van der Waals surface area contributed by atoms with Gasteiger partial charge in [-0.15, -0.1) is 0 Å². The Morgan fingerprint density at radius 1 is 0.933 bits per heavy atom. The van der Waals surface area contributed by atoms with Gasteiger partial charge in [-0.05, 0) is 52.8 Å². The lowest BCUT2D eigenvalue weighted by Crippen LogP contribution is -2.19. The van der Waals surface area contributed by atoms with E-state index in [0.29, 0.717) is 12.5 Å². The Bertz CT molecular complexity index is 761. The zero-order valence-corrected chi connectivity index (χ0v) is 19.8. The lowest BCUT2D eigenvalue weighted by molar-refractivity contribution is 0.281. The molecule has 1 nitrogen and oxygen atoms in total. The Hall–Kier alpha value is -1.76. The monoisotopic (exact) mass is 406 g/mol. The van der Waals surface area contributed by atoms with Crippen LogP contribution in [0, 0.1) is 5.92 Å². The Morgan fingerprint density at radius 3 is 2.43 bits per heavy atom. The van der Waals surface area contributed by atoms with Gasteiger partial charge in [0.1, 0.15) is 12.4 Å². The highest BCUT2D eigenvalue weighted by Gasteiger charge is 2.28. The van der Waals surface area contributed by atoms with Gasteiger partial charge < -0.3 is 4.74 Å². The molecule has 1 aliphatic carbocycles. The van der Waals surface area contributed by atoms with Gasteiger partial charge in [-0.25, -0.2) is 0 Å². The second-order valence-corrected chi connectivity index (χ2v) is 10.1. The number of hydrogen-bond acceptors (Lipinski definition) is 1. The summed E-state index contributed by atoms with van der Waals surface area (Å²) in [6.45, 7) is 10.2. The third kappa shape index (κ3) is 6.13. The first kappa shape index (κ1) is 22.9. The van der Waals surface area contributed by atoms with Crippen LogP contribution in [0.4, 0.5) is 0 Å². The van der Waals surface area contributed by atoms with Gasteiger partial charge in [-0.1, -0.05) is 115 Å². The first-order valence-electron chi connectivity index (χ1n) is 12.3. The minimum absolute atomic E-state index is 0.190. The quantitative estimate of drug-likeness (QED) is 0.358. The van der Waals surface area contributed by atoms with Crippen molar-refractivity contribution in [2.24, 2.45) is 5.92 Å². The molecule has 3 rings (SSSR count). The smallest absolute Gasteiger partial charge is 0.123 e. The van der Waals surface area contributed by atoms with E-state index in [0.717, 1.165) is 11.7 Å². The fourth-order valence-electron chi connectivity index (χ4n) is 5.04. The average molecular weight is 407 g/mol. The number of ether oxygens (including phenoxy) is 1. The molecule has 0 radical (unpaired) electrons. The summed E-state index contributed by atoms with van der Waals surface area (Å²) in [7, 11) is 0. The Kier molecular flexibility index (Phi) is 8.42. The zero-order valence-electron chi connectivity index (χ0n) is 19.8. The van der Waals surface area contributed by atoms with Crippen molar-refractivity contribution < 1.29 is 4.74 Å². The molecule has 0 amide bonds. The highest BCUT2D eigenvalue weighted by atomic mass is 16.5. The molecule has 0 bridgehead atoms. The topological polar surface area (TPSA) is 9.23 Å². The molecule has 1 aliphatic rings. The van der Waals surface area contributed by atoms with E-state index in [2.05, 4.69) is 76.2 Å². The van der Waals surface area contributed by atoms with E-state index in [-0.39, 0.29) is 5.41 Å². The molecule has 0 unspecified atom stereocenters. The van der Waals surface area contributed by atoms with Crippen LogP contribution in [0.25, 0.3) is 0 Å². The molecule has 2 aromatic carbocycles. The van der Waals surface area contributed by atoms with Crippen molar-refractivity contribution in [1.82, 2.24) is 0 Å². The second kappa shape index (κ2) is 11.0. The fraction of sp³-hybridized carbons (Fsp3) is 0.586. The Morgan fingerprint density at radius 2 is 1.70 bits per heavy atom. The predicted octanol–water partition coefficient (Wildman–Crippen LogP) is 8.81. The molecule has 0 N–H and O–H groups in total. The summed E-state index contributed by atoms with van der Waals surface area (Å²) in [4.78, 5) is 0. The molecule has 0 saturated heterocycles. The molecule has 2 aromatic rings. The molecule has 0 heterocycles.